The maximum absolute atomic E-state index is 15.2. The van der Waals surface area contributed by atoms with Crippen molar-refractivity contribution in [2.45, 2.75) is 64.3 Å². The van der Waals surface area contributed by atoms with Gasteiger partial charge in [-0.15, -0.1) is 0 Å². The summed E-state index contributed by atoms with van der Waals surface area (Å²) < 4.78 is 27.5. The Hall–Kier alpha value is -6.53. The topological polar surface area (TPSA) is 242 Å². The molecule has 0 radical (unpaired) electrons. The summed E-state index contributed by atoms with van der Waals surface area (Å²) in [6.07, 6.45) is 1.00. The normalized spacial score (nSPS) is 16.5. The van der Waals surface area contributed by atoms with Crippen molar-refractivity contribution in [2.24, 2.45) is 5.73 Å². The molecule has 308 valence electrons. The molecule has 2 aromatic heterocycles. The lowest BCUT2D eigenvalue weighted by Gasteiger charge is -2.29. The number of carbonyl (C=O) groups is 6. The quantitative estimate of drug-likeness (QED) is 0.0501. The lowest BCUT2D eigenvalue weighted by atomic mass is 9.81. The molecule has 0 fully saturated rings. The predicted octanol–water partition coefficient (Wildman–Crippen LogP) is 0.145. The van der Waals surface area contributed by atoms with Crippen LogP contribution in [0.15, 0.2) is 47.3 Å². The van der Waals surface area contributed by atoms with Crippen LogP contribution in [0.2, 0.25) is 0 Å². The number of aromatic nitrogens is 2. The minimum absolute atomic E-state index is 0.115. The van der Waals surface area contributed by atoms with Crippen molar-refractivity contribution in [3.63, 3.8) is 0 Å². The van der Waals surface area contributed by atoms with E-state index in [1.807, 2.05) is 0 Å². The Morgan fingerprint density at radius 3 is 2.51 bits per heavy atom. The number of fused-ring (bicyclic) bond motifs is 5. The van der Waals surface area contributed by atoms with E-state index in [-0.39, 0.29) is 45.0 Å². The van der Waals surface area contributed by atoms with Gasteiger partial charge in [-0.25, -0.2) is 9.37 Å². The Morgan fingerprint density at radius 2 is 1.75 bits per heavy atom. The summed E-state index contributed by atoms with van der Waals surface area (Å²) in [5.41, 5.74) is 10.7. The molecule has 7 rings (SSSR count). The van der Waals surface area contributed by atoms with Crippen LogP contribution < -0.4 is 37.9 Å². The Labute approximate surface area is 336 Å². The molecule has 18 heteroatoms. The first-order valence-corrected chi connectivity index (χ1v) is 19.1. The largest absolute Gasteiger partial charge is 0.460 e. The summed E-state index contributed by atoms with van der Waals surface area (Å²) in [5.74, 6) is -4.41. The van der Waals surface area contributed by atoms with Gasteiger partial charge in [0.15, 0.2) is 0 Å². The molecule has 0 spiro atoms. The van der Waals surface area contributed by atoms with Gasteiger partial charge in [-0.05, 0) is 60.6 Å². The minimum atomic E-state index is -1.06. The highest BCUT2D eigenvalue weighted by Gasteiger charge is 2.37. The third kappa shape index (κ3) is 8.40. The number of hydrogen-bond acceptors (Lipinski definition) is 11. The highest BCUT2D eigenvalue weighted by molar-refractivity contribution is 5.94. The van der Waals surface area contributed by atoms with E-state index in [0.29, 0.717) is 52.0 Å². The average Bonchev–Trinajstić information content (AvgIpc) is 3.60. The number of esters is 1. The van der Waals surface area contributed by atoms with Crippen molar-refractivity contribution in [2.75, 3.05) is 33.0 Å². The molecule has 0 saturated carbocycles. The number of nitrogens with one attached hydrogen (secondary N) is 5. The van der Waals surface area contributed by atoms with Crippen LogP contribution in [0.4, 0.5) is 4.39 Å². The number of nitrogens with two attached hydrogens (primary N) is 1. The molecule has 4 heterocycles. The van der Waals surface area contributed by atoms with Crippen LogP contribution in [0.5, 0.6) is 0 Å². The van der Waals surface area contributed by atoms with Crippen LogP contribution >= 0.6 is 0 Å². The molecule has 7 N–H and O–H groups in total. The second-order valence-electron chi connectivity index (χ2n) is 14.7. The van der Waals surface area contributed by atoms with Crippen molar-refractivity contribution in [3.05, 3.63) is 97.6 Å². The molecule has 2 aliphatic heterocycles. The van der Waals surface area contributed by atoms with E-state index in [1.165, 1.54) is 6.07 Å². The molecular formula is C41H43FN8O9. The van der Waals surface area contributed by atoms with E-state index in [4.69, 9.17) is 20.2 Å². The molecular weight excluding hydrogens is 767 g/mol. The van der Waals surface area contributed by atoms with Gasteiger partial charge in [-0.3, -0.25) is 33.6 Å². The first-order chi connectivity index (χ1) is 28.3. The number of pyridine rings is 2. The van der Waals surface area contributed by atoms with E-state index < -0.39 is 72.5 Å². The Bertz CT molecular complexity index is 2460. The van der Waals surface area contributed by atoms with Gasteiger partial charge in [0.05, 0.1) is 60.6 Å². The summed E-state index contributed by atoms with van der Waals surface area (Å²) in [7, 11) is 0. The summed E-state index contributed by atoms with van der Waals surface area (Å²) >= 11 is 0. The van der Waals surface area contributed by atoms with Crippen molar-refractivity contribution in [1.29, 1.82) is 0 Å². The summed E-state index contributed by atoms with van der Waals surface area (Å²) in [4.78, 5) is 93.8. The minimum Gasteiger partial charge on any atom is -0.460 e. The fourth-order valence-electron chi connectivity index (χ4n) is 7.85. The number of carbonyl (C=O) groups excluding carboxylic acids is 6. The highest BCUT2D eigenvalue weighted by Crippen LogP contribution is 2.45. The predicted molar refractivity (Wildman–Crippen MR) is 209 cm³/mol. The maximum Gasteiger partial charge on any atom is 0.313 e. The zero-order valence-electron chi connectivity index (χ0n) is 32.4. The fraction of sp³-hybridized carbons (Fsp3) is 0.366. The number of benzene rings is 2. The van der Waals surface area contributed by atoms with Gasteiger partial charge in [0.25, 0.3) is 5.56 Å². The van der Waals surface area contributed by atoms with E-state index in [1.54, 1.807) is 54.8 Å². The number of ether oxygens (including phenoxy) is 2. The van der Waals surface area contributed by atoms with Crippen molar-refractivity contribution in [3.8, 4) is 11.4 Å². The van der Waals surface area contributed by atoms with Crippen molar-refractivity contribution < 1.29 is 42.6 Å². The Morgan fingerprint density at radius 1 is 0.983 bits per heavy atom. The zero-order chi connectivity index (χ0) is 42.0. The molecule has 4 aromatic rings. The number of hydrogen-bond donors (Lipinski definition) is 6. The van der Waals surface area contributed by atoms with Gasteiger partial charge in [0.2, 0.25) is 29.5 Å². The monoisotopic (exact) mass is 810 g/mol. The Kier molecular flexibility index (Phi) is 11.8. The molecule has 3 aliphatic rings. The molecule has 17 nitrogen and oxygen atoms in total. The van der Waals surface area contributed by atoms with Gasteiger partial charge in [-0.2, -0.15) is 0 Å². The van der Waals surface area contributed by atoms with Crippen LogP contribution in [0.1, 0.15) is 64.2 Å². The standard InChI is InChI=1S/C41H43FN8O9/c1-20-23-8-9-28(37-25-16-50-31(38(25)49-29(36(23)37)12-27(20)42)11-24-21(2)41(57)59-17-26(24)40(50)56)47-35(54)18-58-19-46-33(52)14-45-39(55)30(10-22-6-4-3-5-7-22)48-34(53)15-44-32(51)13-43/h3-7,11-12,21,28,30H,8-10,13-19,43H2,1-2H3,(H,44,51)(H,45,55)(H,46,52)(H,47,54)(H,48,53)/t21-,28-,30-/m0/s1. The van der Waals surface area contributed by atoms with Gasteiger partial charge in [0.1, 0.15) is 31.8 Å². The molecule has 59 heavy (non-hydrogen) atoms. The molecule has 1 aliphatic carbocycles. The molecule has 0 saturated heterocycles. The molecule has 5 amide bonds. The van der Waals surface area contributed by atoms with Gasteiger partial charge in [-0.1, -0.05) is 30.3 Å². The van der Waals surface area contributed by atoms with Crippen LogP contribution in [-0.2, 0) is 64.2 Å². The smallest absolute Gasteiger partial charge is 0.313 e. The van der Waals surface area contributed by atoms with Gasteiger partial charge < -0.3 is 46.4 Å². The number of cyclic esters (lactones) is 1. The Balaban J connectivity index is 0.981. The number of aryl methyl sites for hydroxylation is 1. The van der Waals surface area contributed by atoms with E-state index in [9.17, 15) is 33.6 Å². The van der Waals surface area contributed by atoms with Crippen LogP contribution in [0.25, 0.3) is 22.3 Å². The van der Waals surface area contributed by atoms with E-state index in [2.05, 4.69) is 26.6 Å². The molecule has 0 unspecified atom stereocenters. The summed E-state index contributed by atoms with van der Waals surface area (Å²) in [6, 6.07) is 10.4. The van der Waals surface area contributed by atoms with E-state index >= 15 is 4.39 Å². The third-order valence-electron chi connectivity index (χ3n) is 10.9. The number of amides is 5. The SMILES string of the molecule is Cc1c(F)cc2nc3c(c4c2c1CC[C@@H]4NC(=O)COCNC(=O)CNC(=O)[C@H](Cc1ccccc1)NC(=O)CNC(=O)CN)Cn1c-3cc2c(c1=O)COC(=O)[C@H]2C. The lowest BCUT2D eigenvalue weighted by Crippen LogP contribution is -2.52. The number of halogens is 1. The van der Waals surface area contributed by atoms with Crippen LogP contribution in [0, 0.1) is 12.7 Å². The molecule has 2 aromatic carbocycles. The van der Waals surface area contributed by atoms with Crippen LogP contribution in [-0.4, -0.2) is 84.1 Å². The second-order valence-corrected chi connectivity index (χ2v) is 14.7. The zero-order valence-corrected chi connectivity index (χ0v) is 32.4. The summed E-state index contributed by atoms with van der Waals surface area (Å²) in [6.45, 7) is 1.46. The number of nitrogens with zero attached hydrogens (tertiary/aromatic N) is 2. The maximum atomic E-state index is 15.2. The third-order valence-corrected chi connectivity index (χ3v) is 10.9. The fourth-order valence-corrected chi connectivity index (χ4v) is 7.85. The van der Waals surface area contributed by atoms with Crippen LogP contribution in [0.3, 0.4) is 0 Å². The highest BCUT2D eigenvalue weighted by atomic mass is 19.1. The van der Waals surface area contributed by atoms with Gasteiger partial charge in [0, 0.05) is 23.4 Å². The second kappa shape index (κ2) is 17.1. The van der Waals surface area contributed by atoms with Gasteiger partial charge >= 0.3 is 5.97 Å². The lowest BCUT2D eigenvalue weighted by molar-refractivity contribution is -0.148. The van der Waals surface area contributed by atoms with Crippen molar-refractivity contribution >= 4 is 46.4 Å². The number of rotatable bonds is 14. The van der Waals surface area contributed by atoms with E-state index in [0.717, 1.165) is 22.1 Å². The molecule has 0 bridgehead atoms. The average molecular weight is 811 g/mol. The first kappa shape index (κ1) is 40.7. The van der Waals surface area contributed by atoms with Crippen molar-refractivity contribution in [1.82, 2.24) is 36.1 Å². The summed E-state index contributed by atoms with van der Waals surface area (Å²) in [5, 5.41) is 13.6. The first-order valence-electron chi connectivity index (χ1n) is 19.1. The molecule has 3 atom stereocenters.